The molecule has 2 aromatic heterocycles. The fourth-order valence-corrected chi connectivity index (χ4v) is 3.68. The van der Waals surface area contributed by atoms with Crippen LogP contribution in [-0.4, -0.2) is 15.0 Å². The van der Waals surface area contributed by atoms with Gasteiger partial charge in [0.2, 0.25) is 0 Å². The van der Waals surface area contributed by atoms with Crippen molar-refractivity contribution in [1.82, 2.24) is 9.13 Å². The molecule has 0 bridgehead atoms. The maximum atomic E-state index is 13.0. The molecule has 1 amide bonds. The number of rotatable bonds is 5. The smallest absolute Gasteiger partial charge is 0.260 e. The Labute approximate surface area is 174 Å². The lowest BCUT2D eigenvalue weighted by Gasteiger charge is -2.09. The Balaban J connectivity index is 1.58. The summed E-state index contributed by atoms with van der Waals surface area (Å²) in [4.78, 5) is 25.7. The average Bonchev–Trinajstić information content (AvgIpc) is 3.10. The van der Waals surface area contributed by atoms with Crippen molar-refractivity contribution in [2.24, 2.45) is 14.1 Å². The Morgan fingerprint density at radius 2 is 1.77 bits per heavy atom. The summed E-state index contributed by atoms with van der Waals surface area (Å²) in [7, 11) is 3.53. The SMILES string of the molecule is Cc1cn(C)c(=O)c2c(C(=O)Nc3cccc(OCc4ccccc4)c3)cn(C)c12. The highest BCUT2D eigenvalue weighted by atomic mass is 16.5. The summed E-state index contributed by atoms with van der Waals surface area (Å²) >= 11 is 0. The number of aromatic nitrogens is 2. The maximum absolute atomic E-state index is 13.0. The molecule has 0 radical (unpaired) electrons. The fraction of sp³-hybridized carbons (Fsp3) is 0.167. The number of nitrogens with one attached hydrogen (secondary N) is 1. The first-order chi connectivity index (χ1) is 14.4. The lowest BCUT2D eigenvalue weighted by molar-refractivity contribution is 0.102. The summed E-state index contributed by atoms with van der Waals surface area (Å²) in [6.07, 6.45) is 3.48. The van der Waals surface area contributed by atoms with Crippen molar-refractivity contribution in [3.05, 3.63) is 94.0 Å². The number of ether oxygens (including phenoxy) is 1. The van der Waals surface area contributed by atoms with Gasteiger partial charge in [0.25, 0.3) is 11.5 Å². The van der Waals surface area contributed by atoms with E-state index in [0.717, 1.165) is 16.6 Å². The van der Waals surface area contributed by atoms with E-state index in [1.807, 2.05) is 61.0 Å². The van der Waals surface area contributed by atoms with Crippen LogP contribution < -0.4 is 15.6 Å². The van der Waals surface area contributed by atoms with Gasteiger partial charge in [0.1, 0.15) is 12.4 Å². The Bertz CT molecular complexity index is 1290. The highest BCUT2D eigenvalue weighted by Crippen LogP contribution is 2.23. The molecule has 0 aliphatic carbocycles. The summed E-state index contributed by atoms with van der Waals surface area (Å²) in [6, 6.07) is 17.1. The number of hydrogen-bond donors (Lipinski definition) is 1. The molecule has 0 unspecified atom stereocenters. The van der Waals surface area contributed by atoms with E-state index < -0.39 is 0 Å². The van der Waals surface area contributed by atoms with Crippen molar-refractivity contribution >= 4 is 22.5 Å². The van der Waals surface area contributed by atoms with E-state index in [9.17, 15) is 9.59 Å². The zero-order valence-electron chi connectivity index (χ0n) is 17.2. The van der Waals surface area contributed by atoms with E-state index >= 15 is 0 Å². The summed E-state index contributed by atoms with van der Waals surface area (Å²) in [5.74, 6) is 0.324. The molecule has 0 spiro atoms. The van der Waals surface area contributed by atoms with Gasteiger partial charge in [-0.05, 0) is 30.2 Å². The van der Waals surface area contributed by atoms with Crippen LogP contribution >= 0.6 is 0 Å². The van der Waals surface area contributed by atoms with Gasteiger partial charge >= 0.3 is 0 Å². The van der Waals surface area contributed by atoms with Crippen LogP contribution in [0.25, 0.3) is 10.9 Å². The molecule has 4 rings (SSSR count). The number of aryl methyl sites for hydroxylation is 3. The van der Waals surface area contributed by atoms with Gasteiger partial charge in [-0.3, -0.25) is 9.59 Å². The predicted molar refractivity (Wildman–Crippen MR) is 118 cm³/mol. The summed E-state index contributed by atoms with van der Waals surface area (Å²) in [5, 5.41) is 3.31. The second-order valence-corrected chi connectivity index (χ2v) is 7.36. The number of hydrogen-bond acceptors (Lipinski definition) is 3. The van der Waals surface area contributed by atoms with Crippen LogP contribution in [0.5, 0.6) is 5.75 Å². The molecule has 0 aliphatic heterocycles. The molecule has 2 aromatic carbocycles. The highest BCUT2D eigenvalue weighted by molar-refractivity contribution is 6.13. The third kappa shape index (κ3) is 3.72. The second kappa shape index (κ2) is 7.91. The van der Waals surface area contributed by atoms with Gasteiger partial charge in [-0.25, -0.2) is 0 Å². The number of pyridine rings is 1. The topological polar surface area (TPSA) is 65.3 Å². The van der Waals surface area contributed by atoms with Crippen molar-refractivity contribution in [2.75, 3.05) is 5.32 Å². The van der Waals surface area contributed by atoms with Gasteiger partial charge in [0.05, 0.1) is 16.5 Å². The minimum atomic E-state index is -0.330. The van der Waals surface area contributed by atoms with Crippen LogP contribution in [0.3, 0.4) is 0 Å². The van der Waals surface area contributed by atoms with Gasteiger partial charge in [-0.1, -0.05) is 36.4 Å². The Kier molecular flexibility index (Phi) is 5.14. The van der Waals surface area contributed by atoms with Crippen molar-refractivity contribution in [1.29, 1.82) is 0 Å². The molecular formula is C24H23N3O3. The molecule has 6 heteroatoms. The average molecular weight is 401 g/mol. The molecule has 0 fully saturated rings. The molecule has 0 saturated carbocycles. The molecule has 4 aromatic rings. The van der Waals surface area contributed by atoms with Gasteiger partial charge < -0.3 is 19.2 Å². The van der Waals surface area contributed by atoms with Crippen LogP contribution in [0.2, 0.25) is 0 Å². The zero-order chi connectivity index (χ0) is 21.3. The van der Waals surface area contributed by atoms with Crippen LogP contribution in [0, 0.1) is 6.92 Å². The van der Waals surface area contributed by atoms with Gasteiger partial charge in [0.15, 0.2) is 0 Å². The van der Waals surface area contributed by atoms with Gasteiger partial charge in [0, 0.05) is 38.2 Å². The van der Waals surface area contributed by atoms with Gasteiger partial charge in [-0.15, -0.1) is 0 Å². The summed E-state index contributed by atoms with van der Waals surface area (Å²) < 4.78 is 9.16. The third-order valence-electron chi connectivity index (χ3n) is 5.06. The maximum Gasteiger partial charge on any atom is 0.260 e. The summed E-state index contributed by atoms with van der Waals surface area (Å²) in [5.41, 5.74) is 3.53. The van der Waals surface area contributed by atoms with E-state index in [2.05, 4.69) is 5.32 Å². The van der Waals surface area contributed by atoms with Crippen LogP contribution in [0.15, 0.2) is 71.8 Å². The molecule has 0 atom stereocenters. The van der Waals surface area contributed by atoms with E-state index in [0.29, 0.717) is 29.0 Å². The second-order valence-electron chi connectivity index (χ2n) is 7.36. The Morgan fingerprint density at radius 1 is 1.00 bits per heavy atom. The number of carbonyl (C=O) groups excluding carboxylic acids is 1. The molecule has 30 heavy (non-hydrogen) atoms. The van der Waals surface area contributed by atoms with Crippen molar-refractivity contribution in [3.63, 3.8) is 0 Å². The number of amides is 1. The first kappa shape index (κ1) is 19.5. The first-order valence-corrected chi connectivity index (χ1v) is 9.67. The van der Waals surface area contributed by atoms with Crippen LogP contribution in [0.4, 0.5) is 5.69 Å². The van der Waals surface area contributed by atoms with Crippen molar-refractivity contribution in [2.45, 2.75) is 13.5 Å². The first-order valence-electron chi connectivity index (χ1n) is 9.67. The van der Waals surface area contributed by atoms with Crippen molar-refractivity contribution < 1.29 is 9.53 Å². The normalized spacial score (nSPS) is 10.9. The quantitative estimate of drug-likeness (QED) is 0.549. The minimum absolute atomic E-state index is 0.193. The van der Waals surface area contributed by atoms with E-state index in [1.165, 1.54) is 4.57 Å². The number of nitrogens with zero attached hydrogens (tertiary/aromatic N) is 2. The molecule has 0 aliphatic rings. The molecule has 1 N–H and O–H groups in total. The van der Waals surface area contributed by atoms with E-state index in [-0.39, 0.29) is 11.5 Å². The van der Waals surface area contributed by atoms with Gasteiger partial charge in [-0.2, -0.15) is 0 Å². The van der Waals surface area contributed by atoms with Crippen LogP contribution in [0.1, 0.15) is 21.5 Å². The Morgan fingerprint density at radius 3 is 2.53 bits per heavy atom. The number of carbonyl (C=O) groups is 1. The summed E-state index contributed by atoms with van der Waals surface area (Å²) in [6.45, 7) is 2.37. The van der Waals surface area contributed by atoms with Crippen LogP contribution in [-0.2, 0) is 20.7 Å². The molecular weight excluding hydrogens is 378 g/mol. The molecule has 2 heterocycles. The van der Waals surface area contributed by atoms with E-state index in [1.54, 1.807) is 31.6 Å². The zero-order valence-corrected chi connectivity index (χ0v) is 17.2. The lowest BCUT2D eigenvalue weighted by Crippen LogP contribution is -2.20. The predicted octanol–water partition coefficient (Wildman–Crippen LogP) is 4.02. The monoisotopic (exact) mass is 401 g/mol. The minimum Gasteiger partial charge on any atom is -0.489 e. The molecule has 152 valence electrons. The van der Waals surface area contributed by atoms with E-state index in [4.69, 9.17) is 4.74 Å². The largest absolute Gasteiger partial charge is 0.489 e. The molecule has 0 saturated heterocycles. The highest BCUT2D eigenvalue weighted by Gasteiger charge is 2.19. The standard InChI is InChI=1S/C24H23N3O3/c1-16-13-27(3)24(29)21-20(14-26(2)22(16)21)23(28)25-18-10-7-11-19(12-18)30-15-17-8-5-4-6-9-17/h4-14H,15H2,1-3H3,(H,25,28). The molecule has 6 nitrogen and oxygen atoms in total. The third-order valence-corrected chi connectivity index (χ3v) is 5.06. The Hall–Kier alpha value is -3.80. The lowest BCUT2D eigenvalue weighted by atomic mass is 10.1. The number of anilines is 1. The number of fused-ring (bicyclic) bond motifs is 1. The van der Waals surface area contributed by atoms with Crippen molar-refractivity contribution in [3.8, 4) is 5.75 Å². The number of benzene rings is 2. The fourth-order valence-electron chi connectivity index (χ4n) is 3.68.